The van der Waals surface area contributed by atoms with Gasteiger partial charge in [-0.25, -0.2) is 0 Å². The number of rotatable bonds is 6. The van der Waals surface area contributed by atoms with E-state index < -0.39 is 0 Å². The van der Waals surface area contributed by atoms with Crippen molar-refractivity contribution in [1.29, 1.82) is 0 Å². The van der Waals surface area contributed by atoms with E-state index in [-0.39, 0.29) is 6.04 Å². The molecule has 0 heterocycles. The standard InChI is InChI=1S/C17H21NO2/c1-3-19-14-8-6-9-15(11-14)20-12-17(18)16-10-5-4-7-13(16)2/h4-11,17H,3,12,18H2,1-2H3. The first-order chi connectivity index (χ1) is 9.70. The number of aryl methyl sites for hydroxylation is 1. The van der Waals surface area contributed by atoms with Gasteiger partial charge in [0.2, 0.25) is 0 Å². The Morgan fingerprint density at radius 1 is 1.00 bits per heavy atom. The zero-order valence-corrected chi connectivity index (χ0v) is 12.0. The van der Waals surface area contributed by atoms with E-state index in [1.165, 1.54) is 5.56 Å². The van der Waals surface area contributed by atoms with Crippen molar-refractivity contribution in [3.05, 3.63) is 59.7 Å². The lowest BCUT2D eigenvalue weighted by Gasteiger charge is -2.16. The van der Waals surface area contributed by atoms with E-state index in [0.717, 1.165) is 17.1 Å². The predicted octanol–water partition coefficient (Wildman–Crippen LogP) is 3.47. The minimum Gasteiger partial charge on any atom is -0.494 e. The largest absolute Gasteiger partial charge is 0.494 e. The third-order valence-corrected chi connectivity index (χ3v) is 3.13. The summed E-state index contributed by atoms with van der Waals surface area (Å²) in [6.45, 7) is 5.11. The highest BCUT2D eigenvalue weighted by molar-refractivity contribution is 5.33. The Morgan fingerprint density at radius 2 is 1.70 bits per heavy atom. The van der Waals surface area contributed by atoms with Crippen molar-refractivity contribution in [3.8, 4) is 11.5 Å². The lowest BCUT2D eigenvalue weighted by molar-refractivity contribution is 0.286. The van der Waals surface area contributed by atoms with Gasteiger partial charge in [0.15, 0.2) is 0 Å². The van der Waals surface area contributed by atoms with Crippen molar-refractivity contribution in [2.24, 2.45) is 5.73 Å². The van der Waals surface area contributed by atoms with E-state index >= 15 is 0 Å². The predicted molar refractivity (Wildman–Crippen MR) is 81.2 cm³/mol. The molecule has 0 fully saturated rings. The molecule has 3 nitrogen and oxygen atoms in total. The summed E-state index contributed by atoms with van der Waals surface area (Å²) in [7, 11) is 0. The number of nitrogens with two attached hydrogens (primary N) is 1. The van der Waals surface area contributed by atoms with Gasteiger partial charge >= 0.3 is 0 Å². The van der Waals surface area contributed by atoms with Gasteiger partial charge in [0, 0.05) is 6.07 Å². The van der Waals surface area contributed by atoms with Gasteiger partial charge in [0.05, 0.1) is 12.6 Å². The Hall–Kier alpha value is -2.00. The first-order valence-electron chi connectivity index (χ1n) is 6.87. The van der Waals surface area contributed by atoms with Crippen LogP contribution >= 0.6 is 0 Å². The number of benzene rings is 2. The molecular formula is C17H21NO2. The van der Waals surface area contributed by atoms with E-state index in [2.05, 4.69) is 13.0 Å². The lowest BCUT2D eigenvalue weighted by atomic mass is 10.0. The zero-order valence-electron chi connectivity index (χ0n) is 12.0. The van der Waals surface area contributed by atoms with Crippen LogP contribution in [0, 0.1) is 6.92 Å². The normalized spacial score (nSPS) is 11.9. The van der Waals surface area contributed by atoms with Crippen LogP contribution in [-0.2, 0) is 0 Å². The van der Waals surface area contributed by atoms with Crippen molar-refractivity contribution in [1.82, 2.24) is 0 Å². The molecule has 2 aromatic rings. The van der Waals surface area contributed by atoms with Crippen LogP contribution in [0.4, 0.5) is 0 Å². The minimum absolute atomic E-state index is 0.132. The summed E-state index contributed by atoms with van der Waals surface area (Å²) >= 11 is 0. The quantitative estimate of drug-likeness (QED) is 0.875. The molecule has 0 radical (unpaired) electrons. The lowest BCUT2D eigenvalue weighted by Crippen LogP contribution is -2.19. The Balaban J connectivity index is 1.98. The van der Waals surface area contributed by atoms with Crippen molar-refractivity contribution < 1.29 is 9.47 Å². The number of ether oxygens (including phenoxy) is 2. The number of hydrogen-bond donors (Lipinski definition) is 1. The summed E-state index contributed by atoms with van der Waals surface area (Å²) in [5.74, 6) is 1.59. The van der Waals surface area contributed by atoms with Crippen LogP contribution in [0.5, 0.6) is 11.5 Å². The molecule has 1 unspecified atom stereocenters. The Bertz CT molecular complexity index is 554. The molecule has 20 heavy (non-hydrogen) atoms. The summed E-state index contributed by atoms with van der Waals surface area (Å²) < 4.78 is 11.2. The summed E-state index contributed by atoms with van der Waals surface area (Å²) in [4.78, 5) is 0. The topological polar surface area (TPSA) is 44.5 Å². The second-order valence-electron chi connectivity index (χ2n) is 4.68. The molecule has 0 bridgehead atoms. The second kappa shape index (κ2) is 6.96. The maximum Gasteiger partial charge on any atom is 0.123 e. The maximum atomic E-state index is 6.18. The minimum atomic E-state index is -0.132. The maximum absolute atomic E-state index is 6.18. The Morgan fingerprint density at radius 3 is 2.40 bits per heavy atom. The zero-order chi connectivity index (χ0) is 14.4. The molecule has 0 saturated carbocycles. The van der Waals surface area contributed by atoms with Crippen molar-refractivity contribution in [2.45, 2.75) is 19.9 Å². The van der Waals surface area contributed by atoms with E-state index in [4.69, 9.17) is 15.2 Å². The van der Waals surface area contributed by atoms with Crippen LogP contribution in [-0.4, -0.2) is 13.2 Å². The first kappa shape index (κ1) is 14.4. The highest BCUT2D eigenvalue weighted by atomic mass is 16.5. The van der Waals surface area contributed by atoms with Crippen LogP contribution in [0.3, 0.4) is 0 Å². The molecule has 0 aliphatic heterocycles. The van der Waals surface area contributed by atoms with E-state index in [9.17, 15) is 0 Å². The average molecular weight is 271 g/mol. The highest BCUT2D eigenvalue weighted by Crippen LogP contribution is 2.21. The monoisotopic (exact) mass is 271 g/mol. The molecule has 0 aliphatic rings. The molecule has 2 aromatic carbocycles. The fraction of sp³-hybridized carbons (Fsp3) is 0.294. The molecule has 0 amide bonds. The van der Waals surface area contributed by atoms with E-state index in [1.54, 1.807) is 0 Å². The molecule has 3 heteroatoms. The molecule has 2 N–H and O–H groups in total. The molecule has 106 valence electrons. The second-order valence-corrected chi connectivity index (χ2v) is 4.68. The summed E-state index contributed by atoms with van der Waals surface area (Å²) in [6, 6.07) is 15.6. The van der Waals surface area contributed by atoms with Crippen LogP contribution < -0.4 is 15.2 Å². The van der Waals surface area contributed by atoms with Gasteiger partial charge in [0.25, 0.3) is 0 Å². The fourth-order valence-electron chi connectivity index (χ4n) is 2.10. The van der Waals surface area contributed by atoms with Gasteiger partial charge < -0.3 is 15.2 Å². The van der Waals surface area contributed by atoms with Crippen molar-refractivity contribution >= 4 is 0 Å². The van der Waals surface area contributed by atoms with Gasteiger partial charge in [-0.3, -0.25) is 0 Å². The van der Waals surface area contributed by atoms with Crippen LogP contribution in [0.15, 0.2) is 48.5 Å². The number of hydrogen-bond acceptors (Lipinski definition) is 3. The summed E-state index contributed by atoms with van der Waals surface area (Å²) in [5.41, 5.74) is 8.49. The van der Waals surface area contributed by atoms with E-state index in [1.807, 2.05) is 49.4 Å². The van der Waals surface area contributed by atoms with Gasteiger partial charge in [-0.2, -0.15) is 0 Å². The van der Waals surface area contributed by atoms with E-state index in [0.29, 0.717) is 13.2 Å². The molecule has 0 saturated heterocycles. The Labute approximate surface area is 120 Å². The SMILES string of the molecule is CCOc1cccc(OCC(N)c2ccccc2C)c1. The van der Waals surface area contributed by atoms with Crippen LogP contribution in [0.1, 0.15) is 24.1 Å². The average Bonchev–Trinajstić information content (AvgIpc) is 2.46. The third-order valence-electron chi connectivity index (χ3n) is 3.13. The van der Waals surface area contributed by atoms with Gasteiger partial charge in [0.1, 0.15) is 18.1 Å². The molecule has 0 spiro atoms. The van der Waals surface area contributed by atoms with Crippen LogP contribution in [0.25, 0.3) is 0 Å². The van der Waals surface area contributed by atoms with Gasteiger partial charge in [-0.1, -0.05) is 30.3 Å². The van der Waals surface area contributed by atoms with Gasteiger partial charge in [-0.05, 0) is 37.1 Å². The molecule has 0 aromatic heterocycles. The fourth-order valence-corrected chi connectivity index (χ4v) is 2.10. The van der Waals surface area contributed by atoms with Gasteiger partial charge in [-0.15, -0.1) is 0 Å². The van der Waals surface area contributed by atoms with Crippen molar-refractivity contribution in [3.63, 3.8) is 0 Å². The highest BCUT2D eigenvalue weighted by Gasteiger charge is 2.09. The molecule has 2 rings (SSSR count). The summed E-state index contributed by atoms with van der Waals surface area (Å²) in [5, 5.41) is 0. The Kier molecular flexibility index (Phi) is 5.02. The smallest absolute Gasteiger partial charge is 0.123 e. The first-order valence-corrected chi connectivity index (χ1v) is 6.87. The third kappa shape index (κ3) is 3.75. The van der Waals surface area contributed by atoms with Crippen LogP contribution in [0.2, 0.25) is 0 Å². The molecule has 0 aliphatic carbocycles. The summed E-state index contributed by atoms with van der Waals surface area (Å²) in [6.07, 6.45) is 0. The molecule has 1 atom stereocenters. The molecular weight excluding hydrogens is 250 g/mol. The van der Waals surface area contributed by atoms with Crippen molar-refractivity contribution in [2.75, 3.05) is 13.2 Å².